The second-order valence-corrected chi connectivity index (χ2v) is 9.98. The van der Waals surface area contributed by atoms with Crippen LogP contribution in [0.4, 0.5) is 5.82 Å². The summed E-state index contributed by atoms with van der Waals surface area (Å²) in [6, 6.07) is 6.71. The largest absolute Gasteiger partial charge is 0.489 e. The number of nitrogens with zero attached hydrogens (tertiary/aromatic N) is 3. The Kier molecular flexibility index (Phi) is 5.90. The van der Waals surface area contributed by atoms with Gasteiger partial charge in [-0.1, -0.05) is 13.8 Å². The van der Waals surface area contributed by atoms with Gasteiger partial charge in [0.15, 0.2) is 0 Å². The van der Waals surface area contributed by atoms with Crippen LogP contribution in [0, 0.1) is 11.3 Å². The van der Waals surface area contributed by atoms with Crippen molar-refractivity contribution in [3.63, 3.8) is 0 Å². The summed E-state index contributed by atoms with van der Waals surface area (Å²) in [6.07, 6.45) is 7.04. The molecule has 0 aliphatic heterocycles. The van der Waals surface area contributed by atoms with E-state index in [2.05, 4.69) is 42.0 Å². The minimum Gasteiger partial charge on any atom is -0.489 e. The van der Waals surface area contributed by atoms with Crippen LogP contribution in [0.1, 0.15) is 57.1 Å². The maximum atomic E-state index is 9.04. The highest BCUT2D eigenvalue weighted by Gasteiger charge is 2.36. The molecule has 30 heavy (non-hydrogen) atoms. The summed E-state index contributed by atoms with van der Waals surface area (Å²) in [5.41, 5.74) is 16.4. The van der Waals surface area contributed by atoms with E-state index in [0.717, 1.165) is 65.3 Å². The van der Waals surface area contributed by atoms with E-state index in [1.807, 2.05) is 0 Å². The first-order valence-corrected chi connectivity index (χ1v) is 11.6. The minimum absolute atomic E-state index is 0.186. The molecule has 1 aromatic carbocycles. The van der Waals surface area contributed by atoms with Crippen molar-refractivity contribution in [3.8, 4) is 23.1 Å². The number of hydrogen-bond donors (Lipinski definition) is 2. The SMILES string of the molecule is CC1(C)Cc2c(ccc(OC3CCC(N)CC3)c2SCCC#N)-c2ncnc(N)c21. The quantitative estimate of drug-likeness (QED) is 0.547. The Hall–Kier alpha value is -2.30. The third-order valence-electron chi connectivity index (χ3n) is 6.12. The summed E-state index contributed by atoms with van der Waals surface area (Å²) in [7, 11) is 0. The van der Waals surface area contributed by atoms with Crippen LogP contribution < -0.4 is 16.2 Å². The van der Waals surface area contributed by atoms with Gasteiger partial charge >= 0.3 is 0 Å². The summed E-state index contributed by atoms with van der Waals surface area (Å²) in [5.74, 6) is 2.20. The first kappa shape index (κ1) is 21.0. The monoisotopic (exact) mass is 423 g/mol. The highest BCUT2D eigenvalue weighted by Crippen LogP contribution is 2.49. The first-order valence-electron chi connectivity index (χ1n) is 10.6. The second kappa shape index (κ2) is 8.44. The molecule has 0 atom stereocenters. The van der Waals surface area contributed by atoms with Crippen LogP contribution in [0.5, 0.6) is 5.75 Å². The van der Waals surface area contributed by atoms with E-state index in [0.29, 0.717) is 18.3 Å². The van der Waals surface area contributed by atoms with E-state index in [1.165, 1.54) is 11.9 Å². The van der Waals surface area contributed by atoms with Gasteiger partial charge in [0.05, 0.1) is 22.8 Å². The fourth-order valence-corrected chi connectivity index (χ4v) is 5.65. The zero-order valence-corrected chi connectivity index (χ0v) is 18.5. The molecule has 1 saturated carbocycles. The van der Waals surface area contributed by atoms with Gasteiger partial charge in [0, 0.05) is 29.3 Å². The van der Waals surface area contributed by atoms with Gasteiger partial charge in [-0.3, -0.25) is 0 Å². The van der Waals surface area contributed by atoms with E-state index in [9.17, 15) is 0 Å². The summed E-state index contributed by atoms with van der Waals surface area (Å²) < 4.78 is 6.49. The van der Waals surface area contributed by atoms with Gasteiger partial charge in [-0.15, -0.1) is 11.8 Å². The number of benzene rings is 1. The van der Waals surface area contributed by atoms with Gasteiger partial charge in [0.1, 0.15) is 17.9 Å². The molecular formula is C23H29N5OS. The summed E-state index contributed by atoms with van der Waals surface area (Å²) in [4.78, 5) is 9.97. The molecule has 7 heteroatoms. The lowest BCUT2D eigenvalue weighted by Gasteiger charge is -2.35. The number of nitriles is 1. The molecule has 2 aliphatic rings. The van der Waals surface area contributed by atoms with Crippen LogP contribution in [0.2, 0.25) is 0 Å². The fourth-order valence-electron chi connectivity index (χ4n) is 4.64. The number of ether oxygens (including phenoxy) is 1. The molecule has 6 nitrogen and oxygen atoms in total. The molecule has 0 bridgehead atoms. The molecule has 0 unspecified atom stereocenters. The Morgan fingerprint density at radius 2 is 2.00 bits per heavy atom. The van der Waals surface area contributed by atoms with Gasteiger partial charge in [-0.2, -0.15) is 5.26 Å². The Labute approximate surface area is 182 Å². The number of nitrogens with two attached hydrogens (primary N) is 2. The Morgan fingerprint density at radius 3 is 2.73 bits per heavy atom. The highest BCUT2D eigenvalue weighted by molar-refractivity contribution is 7.99. The van der Waals surface area contributed by atoms with E-state index in [1.54, 1.807) is 11.8 Å². The van der Waals surface area contributed by atoms with Crippen LogP contribution in [-0.4, -0.2) is 27.9 Å². The molecule has 1 aromatic heterocycles. The van der Waals surface area contributed by atoms with Crippen LogP contribution in [0.25, 0.3) is 11.3 Å². The van der Waals surface area contributed by atoms with Gasteiger partial charge in [-0.05, 0) is 55.2 Å². The van der Waals surface area contributed by atoms with E-state index in [4.69, 9.17) is 21.5 Å². The Bertz CT molecular complexity index is 976. The number of thioether (sulfide) groups is 1. The number of hydrogen-bond acceptors (Lipinski definition) is 7. The molecule has 2 aromatic rings. The number of aromatic nitrogens is 2. The summed E-state index contributed by atoms with van der Waals surface area (Å²) in [5, 5.41) is 9.04. The predicted octanol–water partition coefficient (Wildman–Crippen LogP) is 4.21. The van der Waals surface area contributed by atoms with Gasteiger partial charge in [-0.25, -0.2) is 9.97 Å². The molecule has 1 heterocycles. The van der Waals surface area contributed by atoms with Crippen molar-refractivity contribution in [1.29, 1.82) is 5.26 Å². The molecule has 0 amide bonds. The van der Waals surface area contributed by atoms with Crippen molar-refractivity contribution >= 4 is 17.6 Å². The van der Waals surface area contributed by atoms with Crippen molar-refractivity contribution in [2.45, 2.75) is 74.8 Å². The molecule has 0 saturated heterocycles. The van der Waals surface area contributed by atoms with Gasteiger partial charge in [0.25, 0.3) is 0 Å². The Balaban J connectivity index is 1.76. The van der Waals surface area contributed by atoms with E-state index in [-0.39, 0.29) is 11.5 Å². The zero-order chi connectivity index (χ0) is 21.3. The lowest BCUT2D eigenvalue weighted by molar-refractivity contribution is 0.143. The van der Waals surface area contributed by atoms with Crippen LogP contribution in [0.3, 0.4) is 0 Å². The number of nitrogen functional groups attached to an aromatic ring is 1. The Morgan fingerprint density at radius 1 is 1.23 bits per heavy atom. The molecule has 4 N–H and O–H groups in total. The highest BCUT2D eigenvalue weighted by atomic mass is 32.2. The topological polar surface area (TPSA) is 111 Å². The predicted molar refractivity (Wildman–Crippen MR) is 120 cm³/mol. The summed E-state index contributed by atoms with van der Waals surface area (Å²) >= 11 is 1.71. The summed E-state index contributed by atoms with van der Waals surface area (Å²) in [6.45, 7) is 4.38. The standard InChI is InChI=1S/C23H29N5OS/c1-23(2)12-17-16(20-19(23)22(26)28-13-27-20)8-9-18(21(17)30-11-3-10-24)29-15-6-4-14(25)5-7-15/h8-9,13-15H,3-7,11-12,25H2,1-2H3,(H2,26,27,28). The van der Waals surface area contributed by atoms with Crippen molar-refractivity contribution in [2.75, 3.05) is 11.5 Å². The van der Waals surface area contributed by atoms with Crippen molar-refractivity contribution in [3.05, 3.63) is 29.6 Å². The normalized spacial score (nSPS) is 21.9. The smallest absolute Gasteiger partial charge is 0.133 e. The molecule has 0 spiro atoms. The number of fused-ring (bicyclic) bond motifs is 3. The zero-order valence-electron chi connectivity index (χ0n) is 17.6. The molecule has 1 fully saturated rings. The molecule has 0 radical (unpaired) electrons. The van der Waals surface area contributed by atoms with Crippen LogP contribution in [0.15, 0.2) is 23.4 Å². The first-order chi connectivity index (χ1) is 14.4. The number of rotatable bonds is 5. The number of anilines is 1. The minimum atomic E-state index is -0.186. The van der Waals surface area contributed by atoms with E-state index >= 15 is 0 Å². The molecule has 2 aliphatic carbocycles. The maximum Gasteiger partial charge on any atom is 0.133 e. The second-order valence-electron chi connectivity index (χ2n) is 8.87. The third-order valence-corrected chi connectivity index (χ3v) is 7.27. The third kappa shape index (κ3) is 3.99. The van der Waals surface area contributed by atoms with Crippen LogP contribution in [-0.2, 0) is 11.8 Å². The van der Waals surface area contributed by atoms with Gasteiger partial charge in [0.2, 0.25) is 0 Å². The average Bonchev–Trinajstić information content (AvgIpc) is 2.71. The molecule has 158 valence electrons. The maximum absolute atomic E-state index is 9.04. The lowest BCUT2D eigenvalue weighted by atomic mass is 9.72. The van der Waals surface area contributed by atoms with Crippen LogP contribution >= 0.6 is 11.8 Å². The fraction of sp³-hybridized carbons (Fsp3) is 0.522. The lowest BCUT2D eigenvalue weighted by Crippen LogP contribution is -2.32. The molecular weight excluding hydrogens is 394 g/mol. The van der Waals surface area contributed by atoms with Gasteiger partial charge < -0.3 is 16.2 Å². The average molecular weight is 424 g/mol. The van der Waals surface area contributed by atoms with E-state index < -0.39 is 0 Å². The van der Waals surface area contributed by atoms with Crippen molar-refractivity contribution in [2.24, 2.45) is 5.73 Å². The van der Waals surface area contributed by atoms with Crippen molar-refractivity contribution in [1.82, 2.24) is 9.97 Å². The van der Waals surface area contributed by atoms with Crippen molar-refractivity contribution < 1.29 is 4.74 Å². The molecule has 4 rings (SSSR count).